The fourth-order valence-electron chi connectivity index (χ4n) is 2.90. The second-order valence-electron chi connectivity index (χ2n) is 6.23. The molecule has 150 valence electrons. The molecule has 4 rings (SSSR count). The van der Waals surface area contributed by atoms with Crippen LogP contribution in [-0.4, -0.2) is 35.3 Å². The van der Waals surface area contributed by atoms with Crippen LogP contribution in [0.5, 0.6) is 11.5 Å². The number of ether oxygens (including phenoxy) is 2. The number of para-hydroxylation sites is 1. The van der Waals surface area contributed by atoms with Crippen molar-refractivity contribution in [1.82, 2.24) is 15.1 Å². The fraction of sp³-hybridized carbons (Fsp3) is 0.0909. The van der Waals surface area contributed by atoms with Gasteiger partial charge in [-0.3, -0.25) is 9.78 Å². The van der Waals surface area contributed by atoms with Crippen molar-refractivity contribution in [2.45, 2.75) is 0 Å². The molecule has 1 N–H and O–H groups in total. The van der Waals surface area contributed by atoms with Gasteiger partial charge in [-0.05, 0) is 42.5 Å². The van der Waals surface area contributed by atoms with Crippen LogP contribution in [0.3, 0.4) is 0 Å². The van der Waals surface area contributed by atoms with Crippen LogP contribution >= 0.6 is 0 Å². The van der Waals surface area contributed by atoms with Gasteiger partial charge in [-0.2, -0.15) is 4.98 Å². The number of nitrogens with zero attached hydrogens (tertiary/aromatic N) is 3. The molecule has 0 bridgehead atoms. The minimum Gasteiger partial charge on any atom is -0.493 e. The molecule has 0 atom stereocenters. The molecule has 0 saturated heterocycles. The molecule has 2 aromatic carbocycles. The second-order valence-corrected chi connectivity index (χ2v) is 6.23. The number of aromatic nitrogens is 3. The minimum absolute atomic E-state index is 0.296. The molecule has 30 heavy (non-hydrogen) atoms. The largest absolute Gasteiger partial charge is 0.493 e. The molecule has 0 unspecified atom stereocenters. The monoisotopic (exact) mass is 402 g/mol. The van der Waals surface area contributed by atoms with E-state index < -0.39 is 0 Å². The topological polar surface area (TPSA) is 99.4 Å². The highest BCUT2D eigenvalue weighted by Crippen LogP contribution is 2.30. The zero-order valence-electron chi connectivity index (χ0n) is 16.3. The number of hydrogen-bond donors (Lipinski definition) is 1. The molecule has 2 heterocycles. The quantitative estimate of drug-likeness (QED) is 0.519. The molecule has 0 aliphatic rings. The molecule has 1 amide bonds. The van der Waals surface area contributed by atoms with Crippen LogP contribution in [0.15, 0.2) is 71.5 Å². The Morgan fingerprint density at radius 3 is 2.50 bits per heavy atom. The van der Waals surface area contributed by atoms with E-state index >= 15 is 0 Å². The van der Waals surface area contributed by atoms with E-state index in [4.69, 9.17) is 14.0 Å². The molecule has 8 nitrogen and oxygen atoms in total. The highest BCUT2D eigenvalue weighted by Gasteiger charge is 2.17. The summed E-state index contributed by atoms with van der Waals surface area (Å²) in [6.45, 7) is 0. The van der Waals surface area contributed by atoms with E-state index in [9.17, 15) is 4.79 Å². The lowest BCUT2D eigenvalue weighted by molar-refractivity contribution is 0.102. The lowest BCUT2D eigenvalue weighted by atomic mass is 10.1. The molecular formula is C22H18N4O4. The number of anilines is 1. The molecule has 8 heteroatoms. The Morgan fingerprint density at radius 2 is 1.73 bits per heavy atom. The number of rotatable bonds is 6. The third-order valence-corrected chi connectivity index (χ3v) is 4.42. The predicted octanol–water partition coefficient (Wildman–Crippen LogP) is 4.07. The number of nitrogens with one attached hydrogen (secondary N) is 1. The van der Waals surface area contributed by atoms with Gasteiger partial charge in [-0.15, -0.1) is 0 Å². The van der Waals surface area contributed by atoms with Gasteiger partial charge in [-0.1, -0.05) is 17.3 Å². The van der Waals surface area contributed by atoms with Crippen molar-refractivity contribution in [1.29, 1.82) is 0 Å². The van der Waals surface area contributed by atoms with Gasteiger partial charge in [0.2, 0.25) is 5.82 Å². The van der Waals surface area contributed by atoms with Crippen LogP contribution in [0.2, 0.25) is 0 Å². The SMILES string of the molecule is COc1ccc(C(=O)Nc2ccccc2-c2nc(-c3ccncc3)no2)cc1OC. The molecule has 0 aliphatic heterocycles. The highest BCUT2D eigenvalue weighted by atomic mass is 16.5. The lowest BCUT2D eigenvalue weighted by Gasteiger charge is -2.11. The van der Waals surface area contributed by atoms with Gasteiger partial charge >= 0.3 is 0 Å². The molecule has 0 saturated carbocycles. The average Bonchev–Trinajstić information content (AvgIpc) is 3.29. The Balaban J connectivity index is 1.62. The molecular weight excluding hydrogens is 384 g/mol. The van der Waals surface area contributed by atoms with Crippen LogP contribution in [-0.2, 0) is 0 Å². The number of hydrogen-bond acceptors (Lipinski definition) is 7. The maximum atomic E-state index is 12.8. The average molecular weight is 402 g/mol. The summed E-state index contributed by atoms with van der Waals surface area (Å²) in [5, 5.41) is 6.92. The van der Waals surface area contributed by atoms with Crippen molar-refractivity contribution < 1.29 is 18.8 Å². The van der Waals surface area contributed by atoms with Gasteiger partial charge in [-0.25, -0.2) is 0 Å². The smallest absolute Gasteiger partial charge is 0.260 e. The molecule has 0 spiro atoms. The summed E-state index contributed by atoms with van der Waals surface area (Å²) in [5.74, 6) is 1.44. The van der Waals surface area contributed by atoms with E-state index in [1.807, 2.05) is 12.1 Å². The summed E-state index contributed by atoms with van der Waals surface area (Å²) in [7, 11) is 3.06. The predicted molar refractivity (Wildman–Crippen MR) is 110 cm³/mol. The number of carbonyl (C=O) groups is 1. The Bertz CT molecular complexity index is 1170. The van der Waals surface area contributed by atoms with Crippen molar-refractivity contribution in [3.63, 3.8) is 0 Å². The highest BCUT2D eigenvalue weighted by molar-refractivity contribution is 6.06. The Morgan fingerprint density at radius 1 is 0.967 bits per heavy atom. The van der Waals surface area contributed by atoms with Gasteiger partial charge in [0.25, 0.3) is 11.8 Å². The van der Waals surface area contributed by atoms with Crippen LogP contribution in [0.1, 0.15) is 10.4 Å². The Hall–Kier alpha value is -4.20. The van der Waals surface area contributed by atoms with E-state index in [1.165, 1.54) is 7.11 Å². The van der Waals surface area contributed by atoms with Crippen LogP contribution in [0, 0.1) is 0 Å². The Kier molecular flexibility index (Phi) is 5.38. The van der Waals surface area contributed by atoms with Gasteiger partial charge in [0.15, 0.2) is 11.5 Å². The first-order valence-corrected chi connectivity index (χ1v) is 9.06. The first-order valence-electron chi connectivity index (χ1n) is 9.06. The second kappa shape index (κ2) is 8.44. The Labute approximate surface area is 172 Å². The molecule has 4 aromatic rings. The zero-order valence-corrected chi connectivity index (χ0v) is 16.3. The van der Waals surface area contributed by atoms with Crippen molar-refractivity contribution in [2.24, 2.45) is 0 Å². The summed E-state index contributed by atoms with van der Waals surface area (Å²) in [6.07, 6.45) is 3.31. The maximum Gasteiger partial charge on any atom is 0.260 e. The summed E-state index contributed by atoms with van der Waals surface area (Å²) in [4.78, 5) is 21.2. The maximum absolute atomic E-state index is 12.8. The van der Waals surface area contributed by atoms with E-state index in [0.29, 0.717) is 40.0 Å². The van der Waals surface area contributed by atoms with Gasteiger partial charge < -0.3 is 19.3 Å². The molecule has 0 fully saturated rings. The number of pyridine rings is 1. The van der Waals surface area contributed by atoms with Gasteiger partial charge in [0.05, 0.1) is 25.5 Å². The standard InChI is InChI=1S/C22H18N4O4/c1-28-18-8-7-15(13-19(18)29-2)21(27)24-17-6-4-3-5-16(17)22-25-20(26-30-22)14-9-11-23-12-10-14/h3-13H,1-2H3,(H,24,27). The molecule has 0 aliphatic carbocycles. The number of amides is 1. The van der Waals surface area contributed by atoms with Crippen LogP contribution in [0.25, 0.3) is 22.8 Å². The normalized spacial score (nSPS) is 10.5. The van der Waals surface area contributed by atoms with Crippen molar-refractivity contribution in [3.8, 4) is 34.3 Å². The van der Waals surface area contributed by atoms with Gasteiger partial charge in [0.1, 0.15) is 0 Å². The number of methoxy groups -OCH3 is 2. The van der Waals surface area contributed by atoms with E-state index in [1.54, 1.807) is 62.0 Å². The first-order chi connectivity index (χ1) is 14.7. The molecule has 2 aromatic heterocycles. The fourth-order valence-corrected chi connectivity index (χ4v) is 2.90. The van der Waals surface area contributed by atoms with E-state index in [-0.39, 0.29) is 5.91 Å². The summed E-state index contributed by atoms with van der Waals surface area (Å²) >= 11 is 0. The van der Waals surface area contributed by atoms with Gasteiger partial charge in [0, 0.05) is 23.5 Å². The third-order valence-electron chi connectivity index (χ3n) is 4.42. The van der Waals surface area contributed by atoms with Crippen molar-refractivity contribution in [3.05, 3.63) is 72.6 Å². The summed E-state index contributed by atoms with van der Waals surface area (Å²) < 4.78 is 15.9. The molecule has 0 radical (unpaired) electrons. The number of benzene rings is 2. The lowest BCUT2D eigenvalue weighted by Crippen LogP contribution is -2.13. The summed E-state index contributed by atoms with van der Waals surface area (Å²) in [5.41, 5.74) is 2.36. The third kappa shape index (κ3) is 3.83. The van der Waals surface area contributed by atoms with Crippen LogP contribution in [0.4, 0.5) is 5.69 Å². The van der Waals surface area contributed by atoms with Crippen LogP contribution < -0.4 is 14.8 Å². The first kappa shape index (κ1) is 19.1. The minimum atomic E-state index is -0.308. The van der Waals surface area contributed by atoms with Crippen molar-refractivity contribution in [2.75, 3.05) is 19.5 Å². The summed E-state index contributed by atoms with van der Waals surface area (Å²) in [6, 6.07) is 15.7. The number of carbonyl (C=O) groups excluding carboxylic acids is 1. The van der Waals surface area contributed by atoms with E-state index in [0.717, 1.165) is 5.56 Å². The zero-order chi connectivity index (χ0) is 20.9. The van der Waals surface area contributed by atoms with E-state index in [2.05, 4.69) is 20.4 Å². The van der Waals surface area contributed by atoms with Crippen molar-refractivity contribution >= 4 is 11.6 Å².